The average molecular weight is 358 g/mol. The van der Waals surface area contributed by atoms with Gasteiger partial charge in [0.25, 0.3) is 5.91 Å². The van der Waals surface area contributed by atoms with Crippen molar-refractivity contribution in [1.82, 2.24) is 0 Å². The lowest BCUT2D eigenvalue weighted by Crippen LogP contribution is -2.43. The second-order valence-corrected chi connectivity index (χ2v) is 6.20. The number of anilines is 3. The highest BCUT2D eigenvalue weighted by molar-refractivity contribution is 6.03. The lowest BCUT2D eigenvalue weighted by atomic mass is 10.2. The minimum absolute atomic E-state index is 0.0418. The van der Waals surface area contributed by atoms with E-state index in [0.29, 0.717) is 5.75 Å². The summed E-state index contributed by atoms with van der Waals surface area (Å²) in [6.07, 6.45) is 0. The van der Waals surface area contributed by atoms with Gasteiger partial charge in [-0.15, -0.1) is 0 Å². The number of hydrogen-bond acceptors (Lipinski definition) is 4. The molecule has 0 fully saturated rings. The van der Waals surface area contributed by atoms with Crippen molar-refractivity contribution in [2.45, 2.75) is 0 Å². The molecule has 1 heterocycles. The van der Waals surface area contributed by atoms with Gasteiger partial charge in [-0.05, 0) is 36.4 Å². The van der Waals surface area contributed by atoms with Crippen LogP contribution in [0.25, 0.3) is 0 Å². The van der Waals surface area contributed by atoms with E-state index in [1.807, 2.05) is 72.8 Å². The predicted molar refractivity (Wildman–Crippen MR) is 104 cm³/mol. The molecule has 0 saturated heterocycles. The smallest absolute Gasteiger partial charge is 0.331 e. The molecule has 0 bridgehead atoms. The molecular formula is C22H18N2O3. The van der Waals surface area contributed by atoms with Gasteiger partial charge in [0.1, 0.15) is 6.54 Å². The molecule has 3 aromatic carbocycles. The summed E-state index contributed by atoms with van der Waals surface area (Å²) in [4.78, 5) is 28.6. The van der Waals surface area contributed by atoms with Crippen LogP contribution in [0.4, 0.5) is 17.1 Å². The predicted octanol–water partition coefficient (Wildman–Crippen LogP) is 3.78. The van der Waals surface area contributed by atoms with Gasteiger partial charge in [0, 0.05) is 11.4 Å². The van der Waals surface area contributed by atoms with Gasteiger partial charge in [-0.25, -0.2) is 4.79 Å². The minimum atomic E-state index is -0.368. The van der Waals surface area contributed by atoms with Gasteiger partial charge in [0.15, 0.2) is 5.75 Å². The second-order valence-electron chi connectivity index (χ2n) is 6.20. The molecule has 0 spiro atoms. The van der Waals surface area contributed by atoms with Crippen LogP contribution in [0.5, 0.6) is 5.75 Å². The van der Waals surface area contributed by atoms with Crippen LogP contribution in [0.15, 0.2) is 84.9 Å². The Labute approximate surface area is 157 Å². The number of rotatable bonds is 4. The van der Waals surface area contributed by atoms with Crippen molar-refractivity contribution in [3.05, 3.63) is 84.9 Å². The third kappa shape index (κ3) is 3.53. The number of para-hydroxylation sites is 4. The molecule has 0 aromatic heterocycles. The summed E-state index contributed by atoms with van der Waals surface area (Å²) in [5.74, 6) is -0.0168. The summed E-state index contributed by atoms with van der Waals surface area (Å²) >= 11 is 0. The molecule has 0 unspecified atom stereocenters. The Hall–Kier alpha value is -3.60. The van der Waals surface area contributed by atoms with E-state index in [9.17, 15) is 9.59 Å². The highest BCUT2D eigenvalue weighted by Gasteiger charge is 2.28. The number of esters is 1. The van der Waals surface area contributed by atoms with Crippen molar-refractivity contribution in [1.29, 1.82) is 0 Å². The topological polar surface area (TPSA) is 49.9 Å². The number of amides is 1. The summed E-state index contributed by atoms with van der Waals surface area (Å²) in [6, 6.07) is 26.2. The monoisotopic (exact) mass is 358 g/mol. The molecule has 0 atom stereocenters. The van der Waals surface area contributed by atoms with Gasteiger partial charge in [-0.2, -0.15) is 0 Å². The van der Waals surface area contributed by atoms with Crippen LogP contribution in [0.1, 0.15) is 0 Å². The first-order valence-corrected chi connectivity index (χ1v) is 8.70. The van der Waals surface area contributed by atoms with Crippen molar-refractivity contribution >= 4 is 28.9 Å². The maximum atomic E-state index is 13.3. The molecule has 0 radical (unpaired) electrons. The number of carbonyl (C=O) groups excluding carboxylic acids is 2. The lowest BCUT2D eigenvalue weighted by molar-refractivity contribution is -0.133. The van der Waals surface area contributed by atoms with Crippen molar-refractivity contribution in [3.8, 4) is 5.75 Å². The van der Waals surface area contributed by atoms with Gasteiger partial charge < -0.3 is 9.64 Å². The SMILES string of the molecule is O=C1CN(CC(=O)N(c2ccccc2)c2ccccc2)c2ccccc2O1. The van der Waals surface area contributed by atoms with Crippen molar-refractivity contribution < 1.29 is 14.3 Å². The van der Waals surface area contributed by atoms with E-state index in [1.54, 1.807) is 21.9 Å². The van der Waals surface area contributed by atoms with Crippen LogP contribution in [0.3, 0.4) is 0 Å². The van der Waals surface area contributed by atoms with E-state index in [1.165, 1.54) is 0 Å². The van der Waals surface area contributed by atoms with E-state index < -0.39 is 0 Å². The molecule has 1 aliphatic heterocycles. The third-order valence-corrected chi connectivity index (χ3v) is 4.35. The number of ether oxygens (including phenoxy) is 1. The molecule has 0 saturated carbocycles. The normalized spacial score (nSPS) is 12.9. The Morgan fingerprint density at radius 1 is 0.852 bits per heavy atom. The first-order valence-electron chi connectivity index (χ1n) is 8.70. The van der Waals surface area contributed by atoms with Crippen LogP contribution >= 0.6 is 0 Å². The zero-order valence-electron chi connectivity index (χ0n) is 14.6. The van der Waals surface area contributed by atoms with E-state index in [-0.39, 0.29) is 25.0 Å². The fourth-order valence-electron chi connectivity index (χ4n) is 3.17. The molecule has 0 aliphatic carbocycles. The van der Waals surface area contributed by atoms with E-state index in [2.05, 4.69) is 0 Å². The number of fused-ring (bicyclic) bond motifs is 1. The summed E-state index contributed by atoms with van der Waals surface area (Å²) < 4.78 is 5.27. The number of benzene rings is 3. The molecule has 1 aliphatic rings. The number of carbonyl (C=O) groups is 2. The van der Waals surface area contributed by atoms with Crippen molar-refractivity contribution in [2.75, 3.05) is 22.9 Å². The van der Waals surface area contributed by atoms with Gasteiger partial charge >= 0.3 is 5.97 Å². The Bertz CT molecular complexity index is 918. The van der Waals surface area contributed by atoms with Crippen LogP contribution in [0, 0.1) is 0 Å². The Morgan fingerprint density at radius 2 is 1.41 bits per heavy atom. The summed E-state index contributed by atoms with van der Waals surface area (Å²) in [5, 5.41) is 0. The highest BCUT2D eigenvalue weighted by atomic mass is 16.5. The molecular weight excluding hydrogens is 340 g/mol. The molecule has 134 valence electrons. The van der Waals surface area contributed by atoms with Crippen LogP contribution < -0.4 is 14.5 Å². The molecule has 1 amide bonds. The molecule has 27 heavy (non-hydrogen) atoms. The summed E-state index contributed by atoms with van der Waals surface area (Å²) in [7, 11) is 0. The standard InChI is InChI=1S/C22H18N2O3/c25-21(15-23-16-22(26)27-20-14-8-7-13-19(20)23)24(17-9-3-1-4-10-17)18-11-5-2-6-12-18/h1-14H,15-16H2. The molecule has 5 heteroatoms. The van der Waals surface area contributed by atoms with Gasteiger partial charge in [-0.3, -0.25) is 9.69 Å². The lowest BCUT2D eigenvalue weighted by Gasteiger charge is -2.31. The molecule has 5 nitrogen and oxygen atoms in total. The van der Waals surface area contributed by atoms with Gasteiger partial charge in [0.2, 0.25) is 0 Å². The molecule has 4 rings (SSSR count). The third-order valence-electron chi connectivity index (χ3n) is 4.35. The van der Waals surface area contributed by atoms with Crippen LogP contribution in [0.2, 0.25) is 0 Å². The second kappa shape index (κ2) is 7.33. The highest BCUT2D eigenvalue weighted by Crippen LogP contribution is 2.32. The fraction of sp³-hybridized carbons (Fsp3) is 0.0909. The van der Waals surface area contributed by atoms with Gasteiger partial charge in [-0.1, -0.05) is 48.5 Å². The minimum Gasteiger partial charge on any atom is -0.423 e. The average Bonchev–Trinajstić information content (AvgIpc) is 2.70. The first kappa shape index (κ1) is 16.8. The number of nitrogens with zero attached hydrogens (tertiary/aromatic N) is 2. The Balaban J connectivity index is 1.66. The zero-order chi connectivity index (χ0) is 18.6. The van der Waals surface area contributed by atoms with Crippen molar-refractivity contribution in [2.24, 2.45) is 0 Å². The Morgan fingerprint density at radius 3 is 2.04 bits per heavy atom. The largest absolute Gasteiger partial charge is 0.423 e. The summed E-state index contributed by atoms with van der Waals surface area (Å²) in [5.41, 5.74) is 2.30. The maximum Gasteiger partial charge on any atom is 0.331 e. The van der Waals surface area contributed by atoms with Gasteiger partial charge in [0.05, 0.1) is 12.2 Å². The first-order chi connectivity index (χ1) is 13.2. The van der Waals surface area contributed by atoms with E-state index in [4.69, 9.17) is 4.74 Å². The molecule has 3 aromatic rings. The number of hydrogen-bond donors (Lipinski definition) is 0. The summed E-state index contributed by atoms with van der Waals surface area (Å²) in [6.45, 7) is 0.107. The Kier molecular flexibility index (Phi) is 4.58. The fourth-order valence-corrected chi connectivity index (χ4v) is 3.17. The van der Waals surface area contributed by atoms with E-state index >= 15 is 0 Å². The van der Waals surface area contributed by atoms with Crippen molar-refractivity contribution in [3.63, 3.8) is 0 Å². The molecule has 0 N–H and O–H groups in total. The maximum absolute atomic E-state index is 13.3. The van der Waals surface area contributed by atoms with E-state index in [0.717, 1.165) is 17.1 Å². The zero-order valence-corrected chi connectivity index (χ0v) is 14.6. The van der Waals surface area contributed by atoms with Crippen LogP contribution in [-0.2, 0) is 9.59 Å². The van der Waals surface area contributed by atoms with Crippen LogP contribution in [-0.4, -0.2) is 25.0 Å². The quantitative estimate of drug-likeness (QED) is 0.526.